The number of likely N-dealkylation sites (tertiary alicyclic amines) is 1. The van der Waals surface area contributed by atoms with Crippen molar-refractivity contribution < 1.29 is 40.3 Å². The van der Waals surface area contributed by atoms with Crippen LogP contribution in [-0.2, 0) is 24.1 Å². The number of rotatable bonds is 7. The van der Waals surface area contributed by atoms with Crippen LogP contribution in [0.5, 0.6) is 5.75 Å². The second-order valence-electron chi connectivity index (χ2n) is 7.94. The number of carbonyl (C=O) groups is 1. The van der Waals surface area contributed by atoms with Crippen LogP contribution in [0, 0.1) is 11.7 Å². The Labute approximate surface area is 185 Å². The predicted octanol–water partition coefficient (Wildman–Crippen LogP) is 4.88. The fraction of sp³-hybridized carbons (Fsp3) is 0.409. The summed E-state index contributed by atoms with van der Waals surface area (Å²) in [7, 11) is 1.09. The second-order valence-corrected chi connectivity index (χ2v) is 7.94. The van der Waals surface area contributed by atoms with Gasteiger partial charge >= 0.3 is 12.4 Å². The van der Waals surface area contributed by atoms with E-state index in [2.05, 4.69) is 0 Å². The molecule has 0 aliphatic carbocycles. The van der Waals surface area contributed by atoms with Gasteiger partial charge in [0.05, 0.1) is 11.5 Å². The number of ether oxygens (including phenoxy) is 1. The number of alkyl halides is 6. The molecule has 1 amide bonds. The molecular weight excluding hydrogens is 457 g/mol. The van der Waals surface area contributed by atoms with Gasteiger partial charge in [-0.05, 0) is 23.8 Å². The molecular formula is C22H21F7N2O2. The summed E-state index contributed by atoms with van der Waals surface area (Å²) < 4.78 is 95.4. The van der Waals surface area contributed by atoms with Crippen LogP contribution in [0.4, 0.5) is 30.7 Å². The molecule has 0 atom stereocenters. The van der Waals surface area contributed by atoms with Crippen LogP contribution in [-0.4, -0.2) is 48.6 Å². The molecule has 0 spiro atoms. The number of nitrogens with zero attached hydrogens (tertiary/aromatic N) is 2. The van der Waals surface area contributed by atoms with Crippen LogP contribution < -0.4 is 4.74 Å². The van der Waals surface area contributed by atoms with Gasteiger partial charge in [-0.1, -0.05) is 18.2 Å². The fourth-order valence-electron chi connectivity index (χ4n) is 3.50. The molecule has 4 nitrogen and oxygen atoms in total. The summed E-state index contributed by atoms with van der Waals surface area (Å²) in [6.07, 6.45) is -8.94. The predicted molar refractivity (Wildman–Crippen MR) is 105 cm³/mol. The summed E-state index contributed by atoms with van der Waals surface area (Å²) in [5.41, 5.74) is -0.224. The molecule has 2 aromatic carbocycles. The minimum Gasteiger partial charge on any atom is -0.489 e. The van der Waals surface area contributed by atoms with Gasteiger partial charge in [-0.15, -0.1) is 0 Å². The van der Waals surface area contributed by atoms with Gasteiger partial charge in [0.2, 0.25) is 5.91 Å². The highest BCUT2D eigenvalue weighted by atomic mass is 19.4. The SMILES string of the molecule is CN(CC(F)(F)F)C(=O)C1CN(Cc2ccc(OCc3cccc(C(F)(F)F)c3)cc2F)C1. The summed E-state index contributed by atoms with van der Waals surface area (Å²) in [5.74, 6) is -1.64. The molecule has 1 saturated heterocycles. The first-order chi connectivity index (χ1) is 15.3. The second kappa shape index (κ2) is 9.58. The Morgan fingerprint density at radius 2 is 1.79 bits per heavy atom. The normalized spacial score (nSPS) is 15.3. The van der Waals surface area contributed by atoms with Crippen molar-refractivity contribution in [3.05, 3.63) is 65.0 Å². The molecule has 11 heteroatoms. The zero-order valence-corrected chi connectivity index (χ0v) is 17.5. The quantitative estimate of drug-likeness (QED) is 0.532. The van der Waals surface area contributed by atoms with Crippen molar-refractivity contribution >= 4 is 5.91 Å². The molecule has 0 aromatic heterocycles. The zero-order chi connectivity index (χ0) is 24.4. The van der Waals surface area contributed by atoms with E-state index in [1.807, 2.05) is 0 Å². The van der Waals surface area contributed by atoms with Crippen LogP contribution in [0.3, 0.4) is 0 Å². The molecule has 0 saturated carbocycles. The minimum absolute atomic E-state index is 0.138. The van der Waals surface area contributed by atoms with E-state index < -0.39 is 42.1 Å². The number of halogens is 7. The molecule has 0 unspecified atom stereocenters. The average Bonchev–Trinajstić information content (AvgIpc) is 2.68. The molecule has 1 aliphatic rings. The van der Waals surface area contributed by atoms with Crippen molar-refractivity contribution in [2.75, 3.05) is 26.7 Å². The maximum Gasteiger partial charge on any atom is 0.416 e. The largest absolute Gasteiger partial charge is 0.489 e. The highest BCUT2D eigenvalue weighted by molar-refractivity contribution is 5.80. The molecule has 180 valence electrons. The van der Waals surface area contributed by atoms with E-state index in [1.165, 1.54) is 24.3 Å². The third kappa shape index (κ3) is 6.83. The topological polar surface area (TPSA) is 32.8 Å². The summed E-state index contributed by atoms with van der Waals surface area (Å²) in [5, 5.41) is 0. The summed E-state index contributed by atoms with van der Waals surface area (Å²) >= 11 is 0. The Hall–Kier alpha value is -2.82. The van der Waals surface area contributed by atoms with E-state index in [0.717, 1.165) is 25.2 Å². The number of carbonyl (C=O) groups excluding carboxylic acids is 1. The maximum absolute atomic E-state index is 14.4. The smallest absolute Gasteiger partial charge is 0.416 e. The monoisotopic (exact) mass is 478 g/mol. The van der Waals surface area contributed by atoms with E-state index >= 15 is 0 Å². The summed E-state index contributed by atoms with van der Waals surface area (Å²) in [6, 6.07) is 8.68. The van der Waals surface area contributed by atoms with Gasteiger partial charge in [-0.3, -0.25) is 9.69 Å². The van der Waals surface area contributed by atoms with Crippen molar-refractivity contribution in [2.45, 2.75) is 25.5 Å². The van der Waals surface area contributed by atoms with E-state index in [0.29, 0.717) is 10.5 Å². The molecule has 0 radical (unpaired) electrons. The Bertz CT molecular complexity index is 985. The summed E-state index contributed by atoms with van der Waals surface area (Å²) in [4.78, 5) is 14.4. The first kappa shape index (κ1) is 24.8. The highest BCUT2D eigenvalue weighted by Gasteiger charge is 2.38. The lowest BCUT2D eigenvalue weighted by Gasteiger charge is -2.40. The van der Waals surface area contributed by atoms with E-state index in [9.17, 15) is 35.5 Å². The van der Waals surface area contributed by atoms with E-state index in [-0.39, 0.29) is 37.6 Å². The zero-order valence-electron chi connectivity index (χ0n) is 17.5. The lowest BCUT2D eigenvalue weighted by atomic mass is 9.97. The first-order valence-corrected chi connectivity index (χ1v) is 9.93. The van der Waals surface area contributed by atoms with Crippen molar-refractivity contribution in [1.29, 1.82) is 0 Å². The van der Waals surface area contributed by atoms with Gasteiger partial charge < -0.3 is 9.64 Å². The molecule has 0 N–H and O–H groups in total. The van der Waals surface area contributed by atoms with Gasteiger partial charge in [-0.25, -0.2) is 4.39 Å². The molecule has 1 aliphatic heterocycles. The van der Waals surface area contributed by atoms with Gasteiger partial charge in [0.15, 0.2) is 0 Å². The third-order valence-corrected chi connectivity index (χ3v) is 5.18. The number of hydrogen-bond acceptors (Lipinski definition) is 3. The van der Waals surface area contributed by atoms with Crippen molar-refractivity contribution in [2.24, 2.45) is 5.92 Å². The Morgan fingerprint density at radius 1 is 1.09 bits per heavy atom. The number of benzene rings is 2. The Balaban J connectivity index is 1.50. The molecule has 2 aromatic rings. The molecule has 3 rings (SSSR count). The Kier molecular flexibility index (Phi) is 7.20. The Morgan fingerprint density at radius 3 is 2.39 bits per heavy atom. The van der Waals surface area contributed by atoms with Crippen molar-refractivity contribution in [3.63, 3.8) is 0 Å². The van der Waals surface area contributed by atoms with Crippen LogP contribution in [0.15, 0.2) is 42.5 Å². The van der Waals surface area contributed by atoms with Gasteiger partial charge in [0, 0.05) is 38.3 Å². The van der Waals surface area contributed by atoms with Crippen LogP contribution >= 0.6 is 0 Å². The van der Waals surface area contributed by atoms with E-state index in [4.69, 9.17) is 4.74 Å². The first-order valence-electron chi connectivity index (χ1n) is 9.93. The van der Waals surface area contributed by atoms with Crippen molar-refractivity contribution in [3.8, 4) is 5.75 Å². The number of amides is 1. The molecule has 33 heavy (non-hydrogen) atoms. The number of hydrogen-bond donors (Lipinski definition) is 0. The molecule has 1 fully saturated rings. The van der Waals surface area contributed by atoms with Crippen LogP contribution in [0.2, 0.25) is 0 Å². The average molecular weight is 478 g/mol. The highest BCUT2D eigenvalue weighted by Crippen LogP contribution is 2.30. The fourth-order valence-corrected chi connectivity index (χ4v) is 3.50. The van der Waals surface area contributed by atoms with Crippen LogP contribution in [0.1, 0.15) is 16.7 Å². The third-order valence-electron chi connectivity index (χ3n) is 5.18. The lowest BCUT2D eigenvalue weighted by molar-refractivity contribution is -0.164. The van der Waals surface area contributed by atoms with Crippen LogP contribution in [0.25, 0.3) is 0 Å². The van der Waals surface area contributed by atoms with Gasteiger partial charge in [0.1, 0.15) is 24.7 Å². The molecule has 0 bridgehead atoms. The van der Waals surface area contributed by atoms with Gasteiger partial charge in [0.25, 0.3) is 0 Å². The maximum atomic E-state index is 14.4. The lowest BCUT2D eigenvalue weighted by Crippen LogP contribution is -2.54. The minimum atomic E-state index is -4.47. The van der Waals surface area contributed by atoms with Crippen molar-refractivity contribution in [1.82, 2.24) is 9.80 Å². The summed E-state index contributed by atoms with van der Waals surface area (Å²) in [6.45, 7) is -0.905. The van der Waals surface area contributed by atoms with Gasteiger partial charge in [-0.2, -0.15) is 26.3 Å². The standard InChI is InChI=1S/C22H21F7N2O2/c1-30(13-21(24,25)26)20(32)16-10-31(11-16)9-15-5-6-18(8-19(15)23)33-12-14-3-2-4-17(7-14)22(27,28)29/h2-8,16H,9-13H2,1H3. The van der Waals surface area contributed by atoms with E-state index in [1.54, 1.807) is 4.90 Å². The molecule has 1 heterocycles.